The highest BCUT2D eigenvalue weighted by atomic mass is 79.9. The SMILES string of the molecule is COc1cc(CCl)c(F)c(-c2cn[nH]c2Br)c1. The van der Waals surface area contributed by atoms with E-state index in [1.807, 2.05) is 0 Å². The van der Waals surface area contributed by atoms with Crippen LogP contribution in [-0.4, -0.2) is 17.3 Å². The van der Waals surface area contributed by atoms with Crippen LogP contribution in [0, 0.1) is 5.82 Å². The van der Waals surface area contributed by atoms with Crippen molar-refractivity contribution in [2.45, 2.75) is 5.88 Å². The smallest absolute Gasteiger partial charge is 0.135 e. The van der Waals surface area contributed by atoms with Crippen molar-refractivity contribution in [1.82, 2.24) is 10.2 Å². The number of halogens is 3. The van der Waals surface area contributed by atoms with Crippen molar-refractivity contribution in [1.29, 1.82) is 0 Å². The number of rotatable bonds is 3. The zero-order valence-corrected chi connectivity index (χ0v) is 11.3. The summed E-state index contributed by atoms with van der Waals surface area (Å²) >= 11 is 8.98. The third-order valence-electron chi connectivity index (χ3n) is 2.38. The number of hydrogen-bond acceptors (Lipinski definition) is 2. The van der Waals surface area contributed by atoms with Gasteiger partial charge in [0.05, 0.1) is 19.2 Å². The van der Waals surface area contributed by atoms with Gasteiger partial charge in [-0.2, -0.15) is 5.10 Å². The lowest BCUT2D eigenvalue weighted by atomic mass is 10.1. The van der Waals surface area contributed by atoms with Crippen molar-refractivity contribution in [3.63, 3.8) is 0 Å². The monoisotopic (exact) mass is 318 g/mol. The Morgan fingerprint density at radius 1 is 1.47 bits per heavy atom. The number of H-pyrrole nitrogens is 1. The molecule has 1 heterocycles. The van der Waals surface area contributed by atoms with E-state index in [0.29, 0.717) is 27.0 Å². The van der Waals surface area contributed by atoms with Crippen molar-refractivity contribution in [2.24, 2.45) is 0 Å². The molecule has 6 heteroatoms. The molecule has 0 spiro atoms. The van der Waals surface area contributed by atoms with Crippen LogP contribution in [0.1, 0.15) is 5.56 Å². The van der Waals surface area contributed by atoms with E-state index in [9.17, 15) is 4.39 Å². The summed E-state index contributed by atoms with van der Waals surface area (Å²) in [6, 6.07) is 3.20. The van der Waals surface area contributed by atoms with Crippen LogP contribution < -0.4 is 4.74 Å². The molecule has 1 aromatic carbocycles. The molecular formula is C11H9BrClFN2O. The molecule has 90 valence electrons. The van der Waals surface area contributed by atoms with Crippen LogP contribution in [0.4, 0.5) is 4.39 Å². The van der Waals surface area contributed by atoms with Crippen molar-refractivity contribution in [3.8, 4) is 16.9 Å². The van der Waals surface area contributed by atoms with Crippen LogP contribution in [0.15, 0.2) is 22.9 Å². The molecule has 1 N–H and O–H groups in total. The molecule has 0 bridgehead atoms. The Kier molecular flexibility index (Phi) is 3.69. The van der Waals surface area contributed by atoms with Crippen LogP contribution >= 0.6 is 27.5 Å². The van der Waals surface area contributed by atoms with Crippen LogP contribution in [0.5, 0.6) is 5.75 Å². The predicted octanol–water partition coefficient (Wildman–Crippen LogP) is 3.73. The van der Waals surface area contributed by atoms with E-state index in [2.05, 4.69) is 26.1 Å². The summed E-state index contributed by atoms with van der Waals surface area (Å²) in [6.07, 6.45) is 1.54. The van der Waals surface area contributed by atoms with E-state index in [1.165, 1.54) is 7.11 Å². The maximum absolute atomic E-state index is 14.1. The fourth-order valence-corrected chi connectivity index (χ4v) is 2.14. The van der Waals surface area contributed by atoms with Crippen molar-refractivity contribution in [3.05, 3.63) is 34.3 Å². The standard InChI is InChI=1S/C11H9BrClFN2O/c1-17-7-2-6(4-13)10(14)8(3-7)9-5-15-16-11(9)12/h2-3,5H,4H2,1H3,(H,15,16). The summed E-state index contributed by atoms with van der Waals surface area (Å²) in [5, 5.41) is 6.53. The molecule has 0 atom stereocenters. The molecule has 2 aromatic rings. The lowest BCUT2D eigenvalue weighted by molar-refractivity contribution is 0.413. The third kappa shape index (κ3) is 2.30. The van der Waals surface area contributed by atoms with E-state index in [-0.39, 0.29) is 11.7 Å². The van der Waals surface area contributed by atoms with E-state index >= 15 is 0 Å². The van der Waals surface area contributed by atoms with Crippen molar-refractivity contribution < 1.29 is 9.13 Å². The molecule has 0 saturated carbocycles. The molecule has 17 heavy (non-hydrogen) atoms. The third-order valence-corrected chi connectivity index (χ3v) is 3.28. The lowest BCUT2D eigenvalue weighted by Gasteiger charge is -2.09. The Balaban J connectivity index is 2.64. The Hall–Kier alpha value is -1.07. The fourth-order valence-electron chi connectivity index (χ4n) is 1.52. The summed E-state index contributed by atoms with van der Waals surface area (Å²) < 4.78 is 19.9. The van der Waals surface area contributed by atoms with Crippen LogP contribution in [0.3, 0.4) is 0 Å². The molecule has 0 aliphatic carbocycles. The van der Waals surface area contributed by atoms with Gasteiger partial charge in [-0.15, -0.1) is 11.6 Å². The second-order valence-corrected chi connectivity index (χ2v) is 4.44. The zero-order valence-electron chi connectivity index (χ0n) is 8.93. The highest BCUT2D eigenvalue weighted by Crippen LogP contribution is 2.33. The van der Waals surface area contributed by atoms with E-state index < -0.39 is 0 Å². The number of hydrogen-bond donors (Lipinski definition) is 1. The highest BCUT2D eigenvalue weighted by molar-refractivity contribution is 9.10. The molecule has 0 aliphatic heterocycles. The van der Waals surface area contributed by atoms with Gasteiger partial charge in [-0.05, 0) is 28.1 Å². The average Bonchev–Trinajstić information content (AvgIpc) is 2.76. The van der Waals surface area contributed by atoms with E-state index in [4.69, 9.17) is 16.3 Å². The quantitative estimate of drug-likeness (QED) is 0.876. The van der Waals surface area contributed by atoms with Crippen LogP contribution in [-0.2, 0) is 5.88 Å². The van der Waals surface area contributed by atoms with Gasteiger partial charge in [0.1, 0.15) is 16.2 Å². The summed E-state index contributed by atoms with van der Waals surface area (Å²) in [7, 11) is 1.53. The number of benzene rings is 1. The maximum Gasteiger partial charge on any atom is 0.135 e. The Bertz CT molecular complexity index is 544. The number of ether oxygens (including phenoxy) is 1. The minimum absolute atomic E-state index is 0.0888. The summed E-state index contributed by atoms with van der Waals surface area (Å²) in [6.45, 7) is 0. The average molecular weight is 320 g/mol. The molecule has 3 nitrogen and oxygen atoms in total. The number of nitrogens with one attached hydrogen (secondary N) is 1. The molecule has 0 fully saturated rings. The first-order valence-electron chi connectivity index (χ1n) is 4.79. The van der Waals surface area contributed by atoms with Gasteiger partial charge in [-0.25, -0.2) is 4.39 Å². The minimum Gasteiger partial charge on any atom is -0.497 e. The predicted molar refractivity (Wildman–Crippen MR) is 67.8 cm³/mol. The topological polar surface area (TPSA) is 37.9 Å². The molecular weight excluding hydrogens is 310 g/mol. The largest absolute Gasteiger partial charge is 0.497 e. The van der Waals surface area contributed by atoms with E-state index in [1.54, 1.807) is 18.3 Å². The van der Waals surface area contributed by atoms with Crippen LogP contribution in [0.25, 0.3) is 11.1 Å². The molecule has 0 radical (unpaired) electrons. The maximum atomic E-state index is 14.1. The minimum atomic E-state index is -0.358. The lowest BCUT2D eigenvalue weighted by Crippen LogP contribution is -1.94. The Labute approximate surface area is 111 Å². The molecule has 0 aliphatic rings. The molecule has 0 saturated heterocycles. The number of methoxy groups -OCH3 is 1. The second-order valence-electron chi connectivity index (χ2n) is 3.38. The van der Waals surface area contributed by atoms with E-state index in [0.717, 1.165) is 0 Å². The zero-order chi connectivity index (χ0) is 12.4. The number of aromatic nitrogens is 2. The number of aromatic amines is 1. The first-order valence-corrected chi connectivity index (χ1v) is 6.11. The molecule has 0 amide bonds. The molecule has 1 aromatic heterocycles. The first-order chi connectivity index (χ1) is 8.17. The second kappa shape index (κ2) is 5.06. The van der Waals surface area contributed by atoms with Gasteiger partial charge < -0.3 is 4.74 Å². The first kappa shape index (κ1) is 12.4. The fraction of sp³-hybridized carbons (Fsp3) is 0.182. The van der Waals surface area contributed by atoms with Crippen molar-refractivity contribution >= 4 is 27.5 Å². The number of alkyl halides is 1. The Morgan fingerprint density at radius 2 is 2.24 bits per heavy atom. The van der Waals surface area contributed by atoms with Gasteiger partial charge in [0.25, 0.3) is 0 Å². The van der Waals surface area contributed by atoms with Gasteiger partial charge in [0.15, 0.2) is 0 Å². The summed E-state index contributed by atoms with van der Waals surface area (Å²) in [5.74, 6) is 0.291. The van der Waals surface area contributed by atoms with Gasteiger partial charge in [-0.3, -0.25) is 5.10 Å². The van der Waals surface area contributed by atoms with Gasteiger partial charge in [0.2, 0.25) is 0 Å². The summed E-state index contributed by atoms with van der Waals surface area (Å²) in [5.41, 5.74) is 1.43. The van der Waals surface area contributed by atoms with Gasteiger partial charge in [0, 0.05) is 16.7 Å². The van der Waals surface area contributed by atoms with Gasteiger partial charge in [-0.1, -0.05) is 0 Å². The highest BCUT2D eigenvalue weighted by Gasteiger charge is 2.15. The molecule has 0 unspecified atom stereocenters. The molecule has 2 rings (SSSR count). The Morgan fingerprint density at radius 3 is 2.76 bits per heavy atom. The van der Waals surface area contributed by atoms with Gasteiger partial charge >= 0.3 is 0 Å². The summed E-state index contributed by atoms with van der Waals surface area (Å²) in [4.78, 5) is 0. The number of nitrogens with zero attached hydrogens (tertiary/aromatic N) is 1. The van der Waals surface area contributed by atoms with Crippen molar-refractivity contribution in [2.75, 3.05) is 7.11 Å². The van der Waals surface area contributed by atoms with Crippen LogP contribution in [0.2, 0.25) is 0 Å². The normalized spacial score (nSPS) is 10.6.